The molecule has 45 heavy (non-hydrogen) atoms. The van der Waals surface area contributed by atoms with E-state index in [4.69, 9.17) is 28.4 Å². The van der Waals surface area contributed by atoms with Gasteiger partial charge < -0.3 is 28.4 Å². The first-order valence-corrected chi connectivity index (χ1v) is 17.1. The van der Waals surface area contributed by atoms with Crippen LogP contribution in [-0.2, 0) is 20.7 Å². The third kappa shape index (κ3) is 8.06. The number of unbranched alkanes of at least 4 members (excludes halogenated alkanes) is 12. The van der Waals surface area contributed by atoms with Gasteiger partial charge >= 0.3 is 11.9 Å². The molecule has 1 fully saturated rings. The van der Waals surface area contributed by atoms with Crippen LogP contribution in [0, 0.1) is 11.8 Å². The van der Waals surface area contributed by atoms with Crippen molar-refractivity contribution in [3.8, 4) is 28.7 Å². The van der Waals surface area contributed by atoms with E-state index in [1.807, 2.05) is 24.3 Å². The molecule has 3 aliphatic rings. The van der Waals surface area contributed by atoms with Crippen LogP contribution in [0.4, 0.5) is 0 Å². The van der Waals surface area contributed by atoms with Crippen LogP contribution in [0.3, 0.4) is 0 Å². The zero-order valence-corrected chi connectivity index (χ0v) is 27.3. The lowest BCUT2D eigenvalue weighted by atomic mass is 9.67. The van der Waals surface area contributed by atoms with Crippen LogP contribution >= 0.6 is 0 Å². The Bertz CT molecular complexity index is 1280. The number of fused-ring (bicyclic) bond motifs is 3. The van der Waals surface area contributed by atoms with E-state index in [1.165, 1.54) is 64.2 Å². The van der Waals surface area contributed by atoms with Gasteiger partial charge in [0.2, 0.25) is 12.5 Å². The van der Waals surface area contributed by atoms with Gasteiger partial charge in [0.1, 0.15) is 0 Å². The molecule has 0 unspecified atom stereocenters. The number of carbonyl (C=O) groups is 2. The number of rotatable bonds is 18. The van der Waals surface area contributed by atoms with Crippen molar-refractivity contribution in [3.05, 3.63) is 41.0 Å². The summed E-state index contributed by atoms with van der Waals surface area (Å²) in [5.74, 6) is 1.30. The minimum absolute atomic E-state index is 0.0465. The van der Waals surface area contributed by atoms with Gasteiger partial charge in [-0.15, -0.1) is 0 Å². The molecule has 1 aliphatic carbocycles. The zero-order chi connectivity index (χ0) is 31.6. The summed E-state index contributed by atoms with van der Waals surface area (Å²) in [5.41, 5.74) is 2.93. The largest absolute Gasteiger partial charge is 0.493 e. The highest BCUT2D eigenvalue weighted by Gasteiger charge is 2.48. The van der Waals surface area contributed by atoms with Crippen LogP contribution in [-0.4, -0.2) is 39.6 Å². The van der Waals surface area contributed by atoms with Gasteiger partial charge in [-0.2, -0.15) is 0 Å². The van der Waals surface area contributed by atoms with Crippen molar-refractivity contribution in [2.45, 2.75) is 109 Å². The first-order valence-electron chi connectivity index (χ1n) is 17.1. The standard InChI is InChI=1S/C37H50O8/c1-4-5-6-7-8-9-10-11-12-13-14-15-16-17-33(38)45-36-31(40-2)20-26(21-32(36)41-3)34-28-22-30-29(43-24-44-30)19-25(28)18-27-23-42-37(39)35(27)34/h19-22,27,34-35H,4-18,23-24H2,1-3H3/t27-,34+,35-/m0/s1. The Labute approximate surface area is 268 Å². The average molecular weight is 623 g/mol. The molecule has 246 valence electrons. The van der Waals surface area contributed by atoms with E-state index in [9.17, 15) is 9.59 Å². The van der Waals surface area contributed by atoms with Gasteiger partial charge in [-0.1, -0.05) is 84.0 Å². The van der Waals surface area contributed by atoms with Crippen molar-refractivity contribution in [2.75, 3.05) is 27.6 Å². The molecule has 1 saturated heterocycles. The van der Waals surface area contributed by atoms with E-state index in [2.05, 4.69) is 6.92 Å². The highest BCUT2D eigenvalue weighted by Crippen LogP contribution is 2.52. The second-order valence-electron chi connectivity index (χ2n) is 12.7. The minimum atomic E-state index is -0.351. The number of cyclic esters (lactones) is 1. The Balaban J connectivity index is 1.18. The molecule has 2 aromatic rings. The first kappa shape index (κ1) is 33.0. The molecule has 0 radical (unpaired) electrons. The maximum absolute atomic E-state index is 13.0. The molecule has 0 bridgehead atoms. The number of hydrogen-bond acceptors (Lipinski definition) is 8. The maximum atomic E-state index is 13.0. The number of methoxy groups -OCH3 is 2. The lowest BCUT2D eigenvalue weighted by Gasteiger charge is -2.34. The Morgan fingerprint density at radius 3 is 1.96 bits per heavy atom. The Morgan fingerprint density at radius 2 is 1.36 bits per heavy atom. The lowest BCUT2D eigenvalue weighted by molar-refractivity contribution is -0.141. The molecule has 3 atom stereocenters. The van der Waals surface area contributed by atoms with Crippen molar-refractivity contribution in [1.82, 2.24) is 0 Å². The number of carbonyl (C=O) groups excluding carboxylic acids is 2. The van der Waals surface area contributed by atoms with Crippen LogP contribution < -0.4 is 23.7 Å². The Kier molecular flexibility index (Phi) is 11.9. The van der Waals surface area contributed by atoms with Gasteiger partial charge in [0, 0.05) is 18.3 Å². The highest BCUT2D eigenvalue weighted by atomic mass is 16.7. The molecular weight excluding hydrogens is 572 g/mol. The normalized spacial score (nSPS) is 19.5. The predicted octanol–water partition coefficient (Wildman–Crippen LogP) is 8.30. The predicted molar refractivity (Wildman–Crippen MR) is 172 cm³/mol. The van der Waals surface area contributed by atoms with Gasteiger partial charge in [-0.3, -0.25) is 9.59 Å². The van der Waals surface area contributed by atoms with Crippen molar-refractivity contribution < 1.29 is 38.0 Å². The SMILES string of the molecule is CCCCCCCCCCCCCCCC(=O)Oc1c(OC)cc([C@@H]2c3cc4c(cc3C[C@H]3COC(=O)[C@@H]32)OCO4)cc1OC. The fraction of sp³-hybridized carbons (Fsp3) is 0.622. The minimum Gasteiger partial charge on any atom is -0.493 e. The molecule has 0 aromatic heterocycles. The van der Waals surface area contributed by atoms with E-state index in [0.717, 1.165) is 48.1 Å². The summed E-state index contributed by atoms with van der Waals surface area (Å²) in [7, 11) is 3.09. The molecule has 0 saturated carbocycles. The van der Waals surface area contributed by atoms with E-state index in [1.54, 1.807) is 14.2 Å². The van der Waals surface area contributed by atoms with Crippen molar-refractivity contribution in [1.29, 1.82) is 0 Å². The summed E-state index contributed by atoms with van der Waals surface area (Å²) in [5, 5.41) is 0. The molecule has 2 heterocycles. The second-order valence-corrected chi connectivity index (χ2v) is 12.7. The monoisotopic (exact) mass is 622 g/mol. The van der Waals surface area contributed by atoms with Crippen molar-refractivity contribution in [3.63, 3.8) is 0 Å². The molecule has 0 spiro atoms. The fourth-order valence-electron chi connectivity index (χ4n) is 7.14. The van der Waals surface area contributed by atoms with Crippen LogP contribution in [0.15, 0.2) is 24.3 Å². The van der Waals surface area contributed by atoms with Crippen molar-refractivity contribution in [2.24, 2.45) is 11.8 Å². The maximum Gasteiger partial charge on any atom is 0.311 e. The summed E-state index contributed by atoms with van der Waals surface area (Å²) in [6.45, 7) is 2.82. The third-order valence-electron chi connectivity index (χ3n) is 9.57. The highest BCUT2D eigenvalue weighted by molar-refractivity contribution is 5.79. The summed E-state index contributed by atoms with van der Waals surface area (Å²) in [4.78, 5) is 25.9. The average Bonchev–Trinajstić information content (AvgIpc) is 3.66. The van der Waals surface area contributed by atoms with Gasteiger partial charge in [0.25, 0.3) is 0 Å². The Hall–Kier alpha value is -3.42. The quantitative estimate of drug-likeness (QED) is 0.0932. The third-order valence-corrected chi connectivity index (χ3v) is 9.57. The van der Waals surface area contributed by atoms with Gasteiger partial charge in [0.05, 0.1) is 26.7 Å². The number of benzene rings is 2. The molecule has 2 aliphatic heterocycles. The molecule has 2 aromatic carbocycles. The van der Waals surface area contributed by atoms with E-state index < -0.39 is 0 Å². The number of esters is 2. The number of hydrogen-bond donors (Lipinski definition) is 0. The molecule has 0 amide bonds. The summed E-state index contributed by atoms with van der Waals surface area (Å²) in [6.07, 6.45) is 17.3. The summed E-state index contributed by atoms with van der Waals surface area (Å²) >= 11 is 0. The first-order chi connectivity index (χ1) is 22.0. The second kappa shape index (κ2) is 16.2. The molecule has 5 rings (SSSR count). The van der Waals surface area contributed by atoms with Gasteiger partial charge in [0.15, 0.2) is 23.0 Å². The fourth-order valence-corrected chi connectivity index (χ4v) is 7.14. The topological polar surface area (TPSA) is 89.5 Å². The number of ether oxygens (including phenoxy) is 6. The lowest BCUT2D eigenvalue weighted by Crippen LogP contribution is -2.31. The van der Waals surface area contributed by atoms with E-state index in [0.29, 0.717) is 30.3 Å². The van der Waals surface area contributed by atoms with Crippen LogP contribution in [0.2, 0.25) is 0 Å². The zero-order valence-electron chi connectivity index (χ0n) is 27.3. The van der Waals surface area contributed by atoms with E-state index >= 15 is 0 Å². The smallest absolute Gasteiger partial charge is 0.311 e. The van der Waals surface area contributed by atoms with Crippen LogP contribution in [0.1, 0.15) is 119 Å². The van der Waals surface area contributed by atoms with Crippen LogP contribution in [0.25, 0.3) is 0 Å². The van der Waals surface area contributed by atoms with Crippen LogP contribution in [0.5, 0.6) is 28.7 Å². The summed E-state index contributed by atoms with van der Waals surface area (Å²) < 4.78 is 34.1. The van der Waals surface area contributed by atoms with Gasteiger partial charge in [-0.05, 0) is 53.8 Å². The molecule has 8 heteroatoms. The van der Waals surface area contributed by atoms with E-state index in [-0.39, 0.29) is 42.2 Å². The molecule has 8 nitrogen and oxygen atoms in total. The summed E-state index contributed by atoms with van der Waals surface area (Å²) in [6, 6.07) is 7.70. The molecule has 0 N–H and O–H groups in total. The Morgan fingerprint density at radius 1 is 0.778 bits per heavy atom. The van der Waals surface area contributed by atoms with Crippen molar-refractivity contribution >= 4 is 11.9 Å². The van der Waals surface area contributed by atoms with Gasteiger partial charge in [-0.25, -0.2) is 0 Å². The molecular formula is C37H50O8.